The number of nitrogens with zero attached hydrogens (tertiary/aromatic N) is 4. The van der Waals surface area contributed by atoms with Crippen LogP contribution in [0.3, 0.4) is 0 Å². The second kappa shape index (κ2) is 10.7. The zero-order valence-corrected chi connectivity index (χ0v) is 21.4. The van der Waals surface area contributed by atoms with Gasteiger partial charge in [-0.15, -0.1) is 12.3 Å². The number of carbonyl (C=O) groups excluding carboxylic acids is 2. The van der Waals surface area contributed by atoms with Gasteiger partial charge in [0.05, 0.1) is 18.4 Å². The molecule has 8 nitrogen and oxygen atoms in total. The molecule has 0 radical (unpaired) electrons. The Hall–Kier alpha value is -4.47. The van der Waals surface area contributed by atoms with Crippen molar-refractivity contribution in [3.8, 4) is 29.5 Å². The summed E-state index contributed by atoms with van der Waals surface area (Å²) >= 11 is 0. The number of hydrogen-bond donors (Lipinski definition) is 2. The number of carbonyl (C=O) groups is 2. The molecule has 9 heteroatoms. The molecule has 2 fully saturated rings. The van der Waals surface area contributed by atoms with Gasteiger partial charge in [-0.2, -0.15) is 10.4 Å². The molecule has 2 heterocycles. The molecule has 3 N–H and O–H groups in total. The molecular weight excluding hydrogens is 495 g/mol. The Bertz CT molecular complexity index is 1460. The molecule has 4 unspecified atom stereocenters. The fraction of sp³-hybridized carbons (Fsp3) is 0.333. The zero-order chi connectivity index (χ0) is 27.6. The van der Waals surface area contributed by atoms with Crippen LogP contribution in [0.1, 0.15) is 35.2 Å². The summed E-state index contributed by atoms with van der Waals surface area (Å²) in [7, 11) is 0. The molecule has 2 aliphatic rings. The van der Waals surface area contributed by atoms with Gasteiger partial charge in [-0.25, -0.2) is 4.39 Å². The van der Waals surface area contributed by atoms with Crippen molar-refractivity contribution in [2.45, 2.75) is 37.5 Å². The van der Waals surface area contributed by atoms with Crippen LogP contribution in [0, 0.1) is 35.5 Å². The van der Waals surface area contributed by atoms with Crippen molar-refractivity contribution in [2.24, 2.45) is 17.6 Å². The third-order valence-electron chi connectivity index (χ3n) is 7.73. The number of halogens is 1. The summed E-state index contributed by atoms with van der Waals surface area (Å²) in [4.78, 5) is 26.7. The molecule has 3 aromatic rings. The van der Waals surface area contributed by atoms with Gasteiger partial charge in [0.1, 0.15) is 17.3 Å². The molecule has 1 aliphatic carbocycles. The molecule has 0 bridgehead atoms. The minimum atomic E-state index is -1.45. The zero-order valence-electron chi connectivity index (χ0n) is 21.4. The number of hydrogen-bond acceptors (Lipinski definition) is 5. The van der Waals surface area contributed by atoms with Crippen molar-refractivity contribution in [1.82, 2.24) is 14.7 Å². The minimum absolute atomic E-state index is 0.0355. The molecule has 1 saturated carbocycles. The summed E-state index contributed by atoms with van der Waals surface area (Å²) in [5, 5.41) is 16.6. The Balaban J connectivity index is 1.31. The first kappa shape index (κ1) is 26.1. The number of nitrogens with two attached hydrogens (primary N) is 1. The summed E-state index contributed by atoms with van der Waals surface area (Å²) in [5.74, 6) is 0.835. The van der Waals surface area contributed by atoms with Gasteiger partial charge in [-0.3, -0.25) is 19.2 Å². The van der Waals surface area contributed by atoms with E-state index in [1.165, 1.54) is 10.9 Å². The van der Waals surface area contributed by atoms with Crippen LogP contribution in [-0.4, -0.2) is 45.8 Å². The molecule has 0 spiro atoms. The van der Waals surface area contributed by atoms with Crippen molar-refractivity contribution in [1.29, 1.82) is 5.26 Å². The Morgan fingerprint density at radius 3 is 2.51 bits per heavy atom. The molecule has 2 amide bonds. The first-order valence-electron chi connectivity index (χ1n) is 12.9. The fourth-order valence-corrected chi connectivity index (χ4v) is 5.26. The lowest BCUT2D eigenvalue weighted by atomic mass is 9.83. The topological polar surface area (TPSA) is 117 Å². The summed E-state index contributed by atoms with van der Waals surface area (Å²) < 4.78 is 17.3. The second-order valence-corrected chi connectivity index (χ2v) is 10.3. The summed E-state index contributed by atoms with van der Waals surface area (Å²) in [6, 6.07) is 20.4. The van der Waals surface area contributed by atoms with E-state index in [0.29, 0.717) is 25.9 Å². The van der Waals surface area contributed by atoms with Gasteiger partial charge in [0, 0.05) is 31.7 Å². The maximum Gasteiger partial charge on any atom is 0.254 e. The summed E-state index contributed by atoms with van der Waals surface area (Å²) in [6.45, 7) is 1.16. The van der Waals surface area contributed by atoms with E-state index >= 15 is 4.39 Å². The van der Waals surface area contributed by atoms with Gasteiger partial charge >= 0.3 is 0 Å². The van der Waals surface area contributed by atoms with Crippen LogP contribution in [0.15, 0.2) is 60.8 Å². The number of alkyl halides is 1. The molecule has 1 saturated heterocycles. The summed E-state index contributed by atoms with van der Waals surface area (Å²) in [6.07, 6.45) is 5.98. The van der Waals surface area contributed by atoms with Gasteiger partial charge in [0.15, 0.2) is 5.82 Å². The van der Waals surface area contributed by atoms with Gasteiger partial charge in [-0.1, -0.05) is 54.6 Å². The smallest absolute Gasteiger partial charge is 0.254 e. The van der Waals surface area contributed by atoms with Crippen LogP contribution < -0.4 is 11.1 Å². The highest BCUT2D eigenvalue weighted by Crippen LogP contribution is 2.40. The van der Waals surface area contributed by atoms with Crippen LogP contribution in [0.4, 0.5) is 10.2 Å². The molecule has 4 atom stereocenters. The molecule has 198 valence electrons. The number of rotatable bonds is 8. The standard InChI is InChI=1S/C30H29FN6O2/c1-2-21-16-24(21)29(39)34-28-25(27(33)38)18-37(35-28)30(12-14-32)13-15-36(19-26(30)31)17-20-8-10-23(11-9-20)22-6-4-3-5-7-22/h1,3-11,18,21,24,26H,12-13,15-17,19H2,(H2,33,38)(H,34,35,39). The number of primary amides is 1. The summed E-state index contributed by atoms with van der Waals surface area (Å²) in [5.41, 5.74) is 7.51. The second-order valence-electron chi connectivity index (χ2n) is 10.3. The van der Waals surface area contributed by atoms with Crippen molar-refractivity contribution in [3.05, 3.63) is 71.9 Å². The number of likely N-dealkylation sites (tertiary alicyclic amines) is 1. The lowest BCUT2D eigenvalue weighted by molar-refractivity contribution is -0.117. The maximum absolute atomic E-state index is 16.0. The lowest BCUT2D eigenvalue weighted by Crippen LogP contribution is -2.54. The number of amides is 2. The Morgan fingerprint density at radius 2 is 1.90 bits per heavy atom. The van der Waals surface area contributed by atoms with E-state index in [2.05, 4.69) is 46.7 Å². The van der Waals surface area contributed by atoms with Crippen molar-refractivity contribution >= 4 is 17.6 Å². The third kappa shape index (κ3) is 5.27. The average Bonchev–Trinajstić information content (AvgIpc) is 3.62. The predicted molar refractivity (Wildman–Crippen MR) is 145 cm³/mol. The quantitative estimate of drug-likeness (QED) is 0.436. The number of benzene rings is 2. The third-order valence-corrected chi connectivity index (χ3v) is 7.73. The molecule has 1 aliphatic heterocycles. The van der Waals surface area contributed by atoms with E-state index in [1.807, 2.05) is 35.2 Å². The van der Waals surface area contributed by atoms with Crippen LogP contribution in [0.2, 0.25) is 0 Å². The van der Waals surface area contributed by atoms with Gasteiger partial charge in [-0.05, 0) is 29.5 Å². The highest BCUT2D eigenvalue weighted by Gasteiger charge is 2.47. The van der Waals surface area contributed by atoms with Crippen molar-refractivity contribution in [3.63, 3.8) is 0 Å². The number of piperidine rings is 1. The van der Waals surface area contributed by atoms with E-state index in [1.54, 1.807) is 0 Å². The normalized spacial score (nSPS) is 24.3. The molecule has 5 rings (SSSR count). The molecular formula is C30H29FN6O2. The highest BCUT2D eigenvalue weighted by atomic mass is 19.1. The number of anilines is 1. The average molecular weight is 525 g/mol. The maximum atomic E-state index is 16.0. The molecule has 39 heavy (non-hydrogen) atoms. The Labute approximate surface area is 226 Å². The number of nitrogens with one attached hydrogen (secondary N) is 1. The van der Waals surface area contributed by atoms with E-state index < -0.39 is 17.6 Å². The van der Waals surface area contributed by atoms with E-state index in [0.717, 1.165) is 16.7 Å². The Morgan fingerprint density at radius 1 is 1.18 bits per heavy atom. The van der Waals surface area contributed by atoms with Crippen molar-refractivity contribution < 1.29 is 14.0 Å². The monoisotopic (exact) mass is 524 g/mol. The van der Waals surface area contributed by atoms with Crippen LogP contribution >= 0.6 is 0 Å². The predicted octanol–water partition coefficient (Wildman–Crippen LogP) is 3.71. The van der Waals surface area contributed by atoms with Crippen LogP contribution in [0.25, 0.3) is 11.1 Å². The fourth-order valence-electron chi connectivity index (χ4n) is 5.26. The number of nitriles is 1. The van der Waals surface area contributed by atoms with Gasteiger partial charge in [0.2, 0.25) is 5.91 Å². The SMILES string of the molecule is C#CC1CC1C(=O)Nc1nn(C2(CC#N)CCN(Cc3ccc(-c4ccccc4)cc3)CC2F)cc1C(N)=O. The van der Waals surface area contributed by atoms with E-state index in [9.17, 15) is 14.9 Å². The largest absolute Gasteiger partial charge is 0.365 e. The number of terminal acetylenes is 1. The van der Waals surface area contributed by atoms with Crippen LogP contribution in [-0.2, 0) is 16.9 Å². The van der Waals surface area contributed by atoms with E-state index in [-0.39, 0.29) is 42.1 Å². The molecule has 1 aromatic heterocycles. The lowest BCUT2D eigenvalue weighted by Gasteiger charge is -2.43. The van der Waals surface area contributed by atoms with Crippen molar-refractivity contribution in [2.75, 3.05) is 18.4 Å². The first-order valence-corrected chi connectivity index (χ1v) is 12.9. The van der Waals surface area contributed by atoms with Crippen LogP contribution in [0.5, 0.6) is 0 Å². The number of aromatic nitrogens is 2. The Kier molecular flexibility index (Phi) is 7.19. The highest BCUT2D eigenvalue weighted by molar-refractivity contribution is 6.03. The minimum Gasteiger partial charge on any atom is -0.365 e. The van der Waals surface area contributed by atoms with E-state index in [4.69, 9.17) is 12.2 Å². The van der Waals surface area contributed by atoms with Gasteiger partial charge < -0.3 is 11.1 Å². The van der Waals surface area contributed by atoms with Gasteiger partial charge in [0.25, 0.3) is 5.91 Å². The molecule has 2 aromatic carbocycles. The first-order chi connectivity index (χ1) is 18.8.